The maximum atomic E-state index is 13.1. The largest absolute Gasteiger partial charge is 0.490 e. The summed E-state index contributed by atoms with van der Waals surface area (Å²) < 4.78 is 11.6. The average molecular weight is 399 g/mol. The van der Waals surface area contributed by atoms with Crippen LogP contribution < -0.4 is 14.4 Å². The molecule has 1 saturated carbocycles. The van der Waals surface area contributed by atoms with Crippen molar-refractivity contribution in [1.82, 2.24) is 4.90 Å². The first-order valence-corrected chi connectivity index (χ1v) is 11.0. The van der Waals surface area contributed by atoms with Gasteiger partial charge in [0.15, 0.2) is 18.0 Å². The molecule has 6 heteroatoms. The smallest absolute Gasteiger partial charge is 0.278 e. The lowest BCUT2D eigenvalue weighted by atomic mass is 9.81. The molecule has 1 unspecified atom stereocenters. The van der Waals surface area contributed by atoms with Crippen molar-refractivity contribution in [2.45, 2.75) is 62.9 Å². The fraction of sp³-hybridized carbons (Fsp3) is 0.652. The van der Waals surface area contributed by atoms with Gasteiger partial charge in [0.2, 0.25) is 0 Å². The fourth-order valence-electron chi connectivity index (χ4n) is 5.13. The summed E-state index contributed by atoms with van der Waals surface area (Å²) in [6.07, 6.45) is 7.88. The molecule has 0 radical (unpaired) electrons. The Kier molecular flexibility index (Phi) is 5.96. The first-order chi connectivity index (χ1) is 14.1. The molecule has 1 N–H and O–H groups in total. The number of likely N-dealkylation sites (N-methyl/N-ethyl adjacent to an activating group) is 1. The summed E-state index contributed by atoms with van der Waals surface area (Å²) in [5.41, 5.74) is 0.601. The van der Waals surface area contributed by atoms with E-state index in [0.29, 0.717) is 19.8 Å². The lowest BCUT2D eigenvalue weighted by Gasteiger charge is -2.39. The number of rotatable bonds is 4. The maximum Gasteiger partial charge on any atom is 0.278 e. The van der Waals surface area contributed by atoms with Gasteiger partial charge in [-0.1, -0.05) is 19.3 Å². The van der Waals surface area contributed by atoms with E-state index in [-0.39, 0.29) is 11.9 Å². The number of nitrogens with zero attached hydrogens (tertiary/aromatic N) is 2. The molecule has 1 aromatic rings. The summed E-state index contributed by atoms with van der Waals surface area (Å²) >= 11 is 0. The van der Waals surface area contributed by atoms with Crippen molar-refractivity contribution in [1.29, 1.82) is 5.26 Å². The molecular weight excluding hydrogens is 366 g/mol. The van der Waals surface area contributed by atoms with Crippen LogP contribution in [0.3, 0.4) is 0 Å². The van der Waals surface area contributed by atoms with E-state index < -0.39 is 5.54 Å². The van der Waals surface area contributed by atoms with Crippen molar-refractivity contribution in [2.24, 2.45) is 0 Å². The number of hydrogen-bond donors (Lipinski definition) is 1. The Morgan fingerprint density at radius 3 is 2.69 bits per heavy atom. The quantitative estimate of drug-likeness (QED) is 0.845. The molecule has 0 spiro atoms. The fourth-order valence-corrected chi connectivity index (χ4v) is 5.13. The molecule has 4 rings (SSSR count). The third-order valence-electron chi connectivity index (χ3n) is 6.94. The van der Waals surface area contributed by atoms with E-state index in [4.69, 9.17) is 9.47 Å². The number of carbonyl (C=O) groups is 1. The number of benzene rings is 1. The zero-order chi connectivity index (χ0) is 20.3. The van der Waals surface area contributed by atoms with Crippen molar-refractivity contribution in [3.63, 3.8) is 0 Å². The van der Waals surface area contributed by atoms with Gasteiger partial charge in [0.1, 0.15) is 11.6 Å². The number of hydrogen-bond acceptors (Lipinski definition) is 4. The monoisotopic (exact) mass is 398 g/mol. The number of quaternary nitrogens is 1. The molecule has 2 atom stereocenters. The molecule has 1 amide bonds. The van der Waals surface area contributed by atoms with Crippen LogP contribution in [0, 0.1) is 11.3 Å². The van der Waals surface area contributed by atoms with Crippen molar-refractivity contribution in [3.8, 4) is 17.6 Å². The maximum absolute atomic E-state index is 13.1. The van der Waals surface area contributed by atoms with E-state index in [0.717, 1.165) is 69.4 Å². The Morgan fingerprint density at radius 1 is 1.17 bits per heavy atom. The van der Waals surface area contributed by atoms with Crippen molar-refractivity contribution in [3.05, 3.63) is 23.8 Å². The van der Waals surface area contributed by atoms with Crippen LogP contribution in [0.1, 0.15) is 63.0 Å². The van der Waals surface area contributed by atoms with Crippen LogP contribution in [0.25, 0.3) is 0 Å². The number of carbonyl (C=O) groups excluding carboxylic acids is 1. The van der Waals surface area contributed by atoms with Crippen LogP contribution >= 0.6 is 0 Å². The number of likely N-dealkylation sites (tertiary alicyclic amines) is 1. The normalized spacial score (nSPS) is 25.7. The molecule has 1 aliphatic carbocycles. The van der Waals surface area contributed by atoms with E-state index in [1.54, 1.807) is 4.90 Å². The van der Waals surface area contributed by atoms with Crippen molar-refractivity contribution in [2.75, 3.05) is 33.4 Å². The van der Waals surface area contributed by atoms with Crippen LogP contribution in [-0.4, -0.2) is 49.7 Å². The van der Waals surface area contributed by atoms with Gasteiger partial charge in [-0.3, -0.25) is 4.79 Å². The Bertz CT molecular complexity index is 782. The molecule has 0 aromatic heterocycles. The highest BCUT2D eigenvalue weighted by atomic mass is 16.5. The number of fused-ring (bicyclic) bond motifs is 1. The summed E-state index contributed by atoms with van der Waals surface area (Å²) in [5, 5.41) is 9.81. The van der Waals surface area contributed by atoms with E-state index >= 15 is 0 Å². The van der Waals surface area contributed by atoms with Gasteiger partial charge in [0, 0.05) is 31.9 Å². The summed E-state index contributed by atoms with van der Waals surface area (Å²) in [7, 11) is 1.83. The minimum Gasteiger partial charge on any atom is -0.490 e. The molecule has 6 nitrogen and oxygen atoms in total. The summed E-state index contributed by atoms with van der Waals surface area (Å²) in [6.45, 7) is 2.79. The highest BCUT2D eigenvalue weighted by Gasteiger charge is 2.41. The predicted molar refractivity (Wildman–Crippen MR) is 109 cm³/mol. The van der Waals surface area contributed by atoms with Crippen LogP contribution in [0.4, 0.5) is 0 Å². The van der Waals surface area contributed by atoms with Crippen LogP contribution in [0.5, 0.6) is 11.5 Å². The second kappa shape index (κ2) is 8.62. The Hall–Kier alpha value is -2.26. The minimum absolute atomic E-state index is 0.0877. The summed E-state index contributed by atoms with van der Waals surface area (Å²) in [5.74, 6) is 1.72. The molecule has 1 aromatic carbocycles. The average Bonchev–Trinajstić information content (AvgIpc) is 3.08. The summed E-state index contributed by atoms with van der Waals surface area (Å²) in [6, 6.07) is 8.98. The Morgan fingerprint density at radius 2 is 1.93 bits per heavy atom. The number of nitrogens with one attached hydrogen (secondary N) is 1. The first kappa shape index (κ1) is 20.0. The van der Waals surface area contributed by atoms with Crippen LogP contribution in [0.15, 0.2) is 18.2 Å². The molecule has 156 valence electrons. The lowest BCUT2D eigenvalue weighted by molar-refractivity contribution is -0.910. The molecular formula is C23H32N3O3+. The van der Waals surface area contributed by atoms with Gasteiger partial charge in [0.05, 0.1) is 25.8 Å². The third-order valence-corrected chi connectivity index (χ3v) is 6.94. The highest BCUT2D eigenvalue weighted by molar-refractivity contribution is 5.78. The first-order valence-electron chi connectivity index (χ1n) is 11.0. The molecule has 2 fully saturated rings. The zero-order valence-corrected chi connectivity index (χ0v) is 17.4. The standard InChI is InChI=1S/C23H31N3O3/c1-25(23(17-24)10-3-2-4-11-23)22(27)16-26-12-5-7-19(26)18-8-9-20-21(15-18)29-14-6-13-28-20/h8-9,15,19H,2-7,10-14,16H2,1H3/p+1/t19-/m1/s1. The number of amides is 1. The number of ether oxygens (including phenoxy) is 2. The molecule has 0 bridgehead atoms. The third kappa shape index (κ3) is 4.06. The SMILES string of the molecule is CN(C(=O)C[NH+]1CCC[C@@H]1c1ccc2c(c1)OCCCO2)C1(C#N)CCCCC1. The van der Waals surface area contributed by atoms with Crippen molar-refractivity contribution < 1.29 is 19.2 Å². The van der Waals surface area contributed by atoms with Crippen molar-refractivity contribution >= 4 is 5.91 Å². The zero-order valence-electron chi connectivity index (χ0n) is 17.4. The van der Waals surface area contributed by atoms with Gasteiger partial charge in [-0.15, -0.1) is 0 Å². The van der Waals surface area contributed by atoms with Gasteiger partial charge in [-0.2, -0.15) is 5.26 Å². The molecule has 1 saturated heterocycles. The van der Waals surface area contributed by atoms with Gasteiger partial charge >= 0.3 is 0 Å². The molecule has 29 heavy (non-hydrogen) atoms. The van der Waals surface area contributed by atoms with Gasteiger partial charge in [0.25, 0.3) is 5.91 Å². The second-order valence-electron chi connectivity index (χ2n) is 8.69. The van der Waals surface area contributed by atoms with E-state index in [2.05, 4.69) is 18.2 Å². The van der Waals surface area contributed by atoms with E-state index in [9.17, 15) is 10.1 Å². The van der Waals surface area contributed by atoms with Gasteiger partial charge < -0.3 is 19.3 Å². The van der Waals surface area contributed by atoms with Crippen LogP contribution in [-0.2, 0) is 4.79 Å². The molecule has 2 aliphatic heterocycles. The molecule has 3 aliphatic rings. The Balaban J connectivity index is 1.47. The van der Waals surface area contributed by atoms with Gasteiger partial charge in [-0.25, -0.2) is 0 Å². The molecule has 2 heterocycles. The van der Waals surface area contributed by atoms with E-state index in [1.165, 1.54) is 10.5 Å². The summed E-state index contributed by atoms with van der Waals surface area (Å²) in [4.78, 5) is 16.2. The van der Waals surface area contributed by atoms with Crippen LogP contribution in [0.2, 0.25) is 0 Å². The Labute approximate surface area is 173 Å². The lowest BCUT2D eigenvalue weighted by Crippen LogP contribution is -3.11. The topological polar surface area (TPSA) is 67.0 Å². The predicted octanol–water partition coefficient (Wildman–Crippen LogP) is 2.25. The minimum atomic E-state index is -0.612. The highest BCUT2D eigenvalue weighted by Crippen LogP contribution is 2.34. The van der Waals surface area contributed by atoms with Gasteiger partial charge in [-0.05, 0) is 31.0 Å². The van der Waals surface area contributed by atoms with E-state index in [1.807, 2.05) is 13.1 Å². The number of nitriles is 1. The second-order valence-corrected chi connectivity index (χ2v) is 8.69.